The van der Waals surface area contributed by atoms with Gasteiger partial charge in [0.15, 0.2) is 5.96 Å². The second-order valence-electron chi connectivity index (χ2n) is 8.67. The van der Waals surface area contributed by atoms with Crippen molar-refractivity contribution >= 4 is 35.6 Å². The summed E-state index contributed by atoms with van der Waals surface area (Å²) in [5.41, 5.74) is 1.04. The third-order valence-corrected chi connectivity index (χ3v) is 5.60. The van der Waals surface area contributed by atoms with E-state index in [0.717, 1.165) is 70.4 Å². The number of non-ortho nitro benzene ring substituents is 1. The first-order valence-corrected chi connectivity index (χ1v) is 11.7. The number of nitrogens with zero attached hydrogens (tertiary/aromatic N) is 4. The molecule has 0 spiro atoms. The molecule has 0 radical (unpaired) electrons. The quantitative estimate of drug-likeness (QED) is 0.0987. The van der Waals surface area contributed by atoms with E-state index in [9.17, 15) is 10.1 Å². The maximum atomic E-state index is 10.9. The summed E-state index contributed by atoms with van der Waals surface area (Å²) in [6.07, 6.45) is 1.03. The van der Waals surface area contributed by atoms with E-state index in [4.69, 9.17) is 9.73 Å². The zero-order valence-electron chi connectivity index (χ0n) is 20.5. The molecule has 1 fully saturated rings. The first-order chi connectivity index (χ1) is 15.4. The molecule has 0 amide bonds. The predicted octanol–water partition coefficient (Wildman–Crippen LogP) is 3.09. The zero-order valence-corrected chi connectivity index (χ0v) is 22.8. The number of rotatable bonds is 12. The summed E-state index contributed by atoms with van der Waals surface area (Å²) in [6, 6.07) is 7.54. The van der Waals surface area contributed by atoms with Crippen molar-refractivity contribution in [3.63, 3.8) is 0 Å². The molecular weight excluding hydrogens is 535 g/mol. The molecule has 10 heteroatoms. The number of nitro groups is 1. The fourth-order valence-electron chi connectivity index (χ4n) is 3.82. The van der Waals surface area contributed by atoms with Crippen LogP contribution in [-0.4, -0.2) is 85.2 Å². The number of hydrogen-bond acceptors (Lipinski definition) is 6. The molecule has 1 aliphatic heterocycles. The number of hydrogen-bond donors (Lipinski definition) is 2. The number of aliphatic imine (C=N–C) groups is 1. The van der Waals surface area contributed by atoms with E-state index in [2.05, 4.69) is 48.1 Å². The molecule has 1 aromatic rings. The summed E-state index contributed by atoms with van der Waals surface area (Å²) in [5.74, 6) is 0.776. The van der Waals surface area contributed by atoms with Gasteiger partial charge in [0, 0.05) is 56.9 Å². The Kier molecular flexibility index (Phi) is 14.5. The van der Waals surface area contributed by atoms with Crippen LogP contribution in [0.15, 0.2) is 29.3 Å². The molecule has 0 bridgehead atoms. The van der Waals surface area contributed by atoms with Crippen LogP contribution in [0.25, 0.3) is 0 Å². The minimum absolute atomic E-state index is 0. The lowest BCUT2D eigenvalue weighted by Gasteiger charge is -2.30. The fourth-order valence-corrected chi connectivity index (χ4v) is 3.82. The number of ether oxygens (including phenoxy) is 1. The lowest BCUT2D eigenvalue weighted by Crippen LogP contribution is -2.46. The topological polar surface area (TPSA) is 95.3 Å². The van der Waals surface area contributed by atoms with Gasteiger partial charge in [-0.3, -0.25) is 19.9 Å². The zero-order chi connectivity index (χ0) is 23.3. The molecule has 33 heavy (non-hydrogen) atoms. The van der Waals surface area contributed by atoms with Gasteiger partial charge in [-0.2, -0.15) is 0 Å². The van der Waals surface area contributed by atoms with Gasteiger partial charge in [0.2, 0.25) is 0 Å². The smallest absolute Gasteiger partial charge is 0.269 e. The number of nitro benzene ring substituents is 1. The molecule has 0 aromatic heterocycles. The van der Waals surface area contributed by atoms with Crippen molar-refractivity contribution in [3.05, 3.63) is 39.9 Å². The average molecular weight is 577 g/mol. The first kappa shape index (κ1) is 29.5. The molecule has 1 heterocycles. The minimum Gasteiger partial charge on any atom is -0.379 e. The van der Waals surface area contributed by atoms with Crippen molar-refractivity contribution in [2.24, 2.45) is 4.99 Å². The Morgan fingerprint density at radius 2 is 1.73 bits per heavy atom. The third-order valence-electron chi connectivity index (χ3n) is 5.60. The van der Waals surface area contributed by atoms with Crippen molar-refractivity contribution in [1.82, 2.24) is 20.4 Å². The van der Waals surface area contributed by atoms with Crippen molar-refractivity contribution in [3.8, 4) is 0 Å². The second kappa shape index (κ2) is 16.2. The normalized spacial score (nSPS) is 15.1. The molecule has 2 rings (SSSR count). The standard InChI is InChI=1S/C23H40N6O3.HI/c1-19(2)28(20(3)4)13-11-25-23(24-10-5-12-27-14-16-32-17-15-27)26-18-21-6-8-22(9-7-21)29(30)31;/h6-9,19-20H,5,10-18H2,1-4H3,(H2,24,25,26);1H. The summed E-state index contributed by atoms with van der Waals surface area (Å²) in [7, 11) is 0. The number of halogens is 1. The van der Waals surface area contributed by atoms with E-state index in [1.807, 2.05) is 0 Å². The van der Waals surface area contributed by atoms with Gasteiger partial charge in [-0.1, -0.05) is 12.1 Å². The number of guanidine groups is 1. The van der Waals surface area contributed by atoms with E-state index in [-0.39, 0.29) is 34.6 Å². The summed E-state index contributed by atoms with van der Waals surface area (Å²) in [4.78, 5) is 20.0. The molecule has 1 saturated heterocycles. The number of benzene rings is 1. The van der Waals surface area contributed by atoms with Gasteiger partial charge in [-0.05, 0) is 46.2 Å². The van der Waals surface area contributed by atoms with Crippen LogP contribution in [0.4, 0.5) is 5.69 Å². The molecule has 9 nitrogen and oxygen atoms in total. The summed E-state index contributed by atoms with van der Waals surface area (Å²) in [5, 5.41) is 17.8. The van der Waals surface area contributed by atoms with Gasteiger partial charge in [-0.25, -0.2) is 4.99 Å². The first-order valence-electron chi connectivity index (χ1n) is 11.7. The molecule has 1 aromatic carbocycles. The molecular formula is C23H41IN6O3. The van der Waals surface area contributed by atoms with Crippen molar-refractivity contribution < 1.29 is 9.66 Å². The van der Waals surface area contributed by atoms with Crippen LogP contribution < -0.4 is 10.6 Å². The lowest BCUT2D eigenvalue weighted by molar-refractivity contribution is -0.384. The molecule has 0 atom stereocenters. The molecule has 0 saturated carbocycles. The van der Waals surface area contributed by atoms with Crippen LogP contribution in [0.5, 0.6) is 0 Å². The summed E-state index contributed by atoms with van der Waals surface area (Å²) in [6.45, 7) is 16.6. The third kappa shape index (κ3) is 11.5. The number of nitrogens with one attached hydrogen (secondary N) is 2. The van der Waals surface area contributed by atoms with Gasteiger partial charge in [0.05, 0.1) is 24.7 Å². The van der Waals surface area contributed by atoms with Crippen molar-refractivity contribution in [2.45, 2.75) is 52.7 Å². The highest BCUT2D eigenvalue weighted by atomic mass is 127. The SMILES string of the molecule is CC(C)N(CCNC(=NCc1ccc([N+](=O)[O-])cc1)NCCCN1CCOCC1)C(C)C.I. The molecule has 0 unspecified atom stereocenters. The van der Waals surface area contributed by atoms with Gasteiger partial charge in [-0.15, -0.1) is 24.0 Å². The van der Waals surface area contributed by atoms with Gasteiger partial charge >= 0.3 is 0 Å². The Morgan fingerprint density at radius 3 is 2.30 bits per heavy atom. The molecule has 0 aliphatic carbocycles. The Hall–Kier alpha value is -1.50. The maximum Gasteiger partial charge on any atom is 0.269 e. The molecule has 1 aliphatic rings. The van der Waals surface area contributed by atoms with Gasteiger partial charge in [0.1, 0.15) is 0 Å². The summed E-state index contributed by atoms with van der Waals surface area (Å²) < 4.78 is 5.41. The highest BCUT2D eigenvalue weighted by Crippen LogP contribution is 2.12. The lowest BCUT2D eigenvalue weighted by atomic mass is 10.2. The molecule has 188 valence electrons. The van der Waals surface area contributed by atoms with E-state index in [0.29, 0.717) is 18.6 Å². The van der Waals surface area contributed by atoms with Crippen molar-refractivity contribution in [1.29, 1.82) is 0 Å². The predicted molar refractivity (Wildman–Crippen MR) is 145 cm³/mol. The van der Waals surface area contributed by atoms with Crippen LogP contribution in [0.1, 0.15) is 39.7 Å². The van der Waals surface area contributed by atoms with Crippen LogP contribution in [0.2, 0.25) is 0 Å². The number of morpholine rings is 1. The highest BCUT2D eigenvalue weighted by Gasteiger charge is 2.13. The Balaban J connectivity index is 0.00000544. The summed E-state index contributed by atoms with van der Waals surface area (Å²) >= 11 is 0. The fraction of sp³-hybridized carbons (Fsp3) is 0.696. The van der Waals surface area contributed by atoms with Crippen LogP contribution >= 0.6 is 24.0 Å². The minimum atomic E-state index is -0.384. The van der Waals surface area contributed by atoms with E-state index < -0.39 is 0 Å². The monoisotopic (exact) mass is 576 g/mol. The Labute approximate surface area is 215 Å². The van der Waals surface area contributed by atoms with Crippen LogP contribution in [-0.2, 0) is 11.3 Å². The average Bonchev–Trinajstić information content (AvgIpc) is 2.77. The Bertz CT molecular complexity index is 701. The van der Waals surface area contributed by atoms with E-state index in [1.54, 1.807) is 12.1 Å². The van der Waals surface area contributed by atoms with Gasteiger partial charge < -0.3 is 15.4 Å². The second-order valence-corrected chi connectivity index (χ2v) is 8.67. The Morgan fingerprint density at radius 1 is 1.12 bits per heavy atom. The highest BCUT2D eigenvalue weighted by molar-refractivity contribution is 14.0. The van der Waals surface area contributed by atoms with Crippen molar-refractivity contribution in [2.75, 3.05) is 52.5 Å². The van der Waals surface area contributed by atoms with Crippen LogP contribution in [0.3, 0.4) is 0 Å². The largest absolute Gasteiger partial charge is 0.379 e. The van der Waals surface area contributed by atoms with Gasteiger partial charge in [0.25, 0.3) is 5.69 Å². The van der Waals surface area contributed by atoms with E-state index >= 15 is 0 Å². The maximum absolute atomic E-state index is 10.9. The van der Waals surface area contributed by atoms with E-state index in [1.165, 1.54) is 12.1 Å². The molecule has 2 N–H and O–H groups in total. The van der Waals surface area contributed by atoms with Crippen LogP contribution in [0, 0.1) is 10.1 Å².